The third kappa shape index (κ3) is 2.73. The van der Waals surface area contributed by atoms with E-state index in [9.17, 15) is 0 Å². The quantitative estimate of drug-likeness (QED) is 0.846. The van der Waals surface area contributed by atoms with Gasteiger partial charge in [0, 0.05) is 0 Å². The number of nitrogens with two attached hydrogens (primary N) is 1. The van der Waals surface area contributed by atoms with Gasteiger partial charge in [-0.1, -0.05) is 54.1 Å². The van der Waals surface area contributed by atoms with E-state index in [0.29, 0.717) is 0 Å². The van der Waals surface area contributed by atoms with Crippen LogP contribution in [-0.4, -0.2) is 11.7 Å². The summed E-state index contributed by atoms with van der Waals surface area (Å²) in [5, 5.41) is 8.99. The fraction of sp³-hybridized carbons (Fsp3) is 0.200. The first-order valence-corrected chi connectivity index (χ1v) is 5.74. The molecule has 0 radical (unpaired) electrons. The molecule has 2 aromatic rings. The van der Waals surface area contributed by atoms with Crippen molar-refractivity contribution in [1.29, 1.82) is 0 Å². The van der Waals surface area contributed by atoms with E-state index >= 15 is 0 Å². The van der Waals surface area contributed by atoms with E-state index in [4.69, 9.17) is 10.8 Å². The topological polar surface area (TPSA) is 46.2 Å². The molecule has 0 heterocycles. The molecule has 0 fully saturated rings. The number of hydrogen-bond donors (Lipinski definition) is 2. The Hall–Kier alpha value is -1.64. The molecule has 2 aromatic carbocycles. The fourth-order valence-corrected chi connectivity index (χ4v) is 1.85. The van der Waals surface area contributed by atoms with Crippen LogP contribution in [0.3, 0.4) is 0 Å². The van der Waals surface area contributed by atoms with Crippen molar-refractivity contribution in [1.82, 2.24) is 0 Å². The summed E-state index contributed by atoms with van der Waals surface area (Å²) >= 11 is 0. The summed E-state index contributed by atoms with van der Waals surface area (Å²) in [6.07, 6.45) is 0. The van der Waals surface area contributed by atoms with Crippen LogP contribution < -0.4 is 5.73 Å². The molecule has 1 atom stereocenters. The lowest BCUT2D eigenvalue weighted by Crippen LogP contribution is -2.14. The van der Waals surface area contributed by atoms with E-state index in [1.807, 2.05) is 24.3 Å². The zero-order chi connectivity index (χ0) is 12.3. The second kappa shape index (κ2) is 5.13. The molecule has 0 aliphatic heterocycles. The van der Waals surface area contributed by atoms with E-state index in [-0.39, 0.29) is 12.6 Å². The van der Waals surface area contributed by atoms with E-state index < -0.39 is 0 Å². The maximum atomic E-state index is 8.99. The Morgan fingerprint density at radius 1 is 1.06 bits per heavy atom. The molecule has 2 heteroatoms. The van der Waals surface area contributed by atoms with Crippen LogP contribution in [0.1, 0.15) is 17.2 Å². The van der Waals surface area contributed by atoms with Crippen molar-refractivity contribution in [2.45, 2.75) is 13.0 Å². The van der Waals surface area contributed by atoms with Crippen LogP contribution in [-0.2, 0) is 0 Å². The van der Waals surface area contributed by atoms with Gasteiger partial charge in [0.05, 0.1) is 12.6 Å². The van der Waals surface area contributed by atoms with Crippen molar-refractivity contribution in [2.24, 2.45) is 5.73 Å². The standard InChI is InChI=1S/C15H17NO/c1-11-3-2-4-14(9-11)12-5-7-13(8-6-12)15(16)10-17/h2-9,15,17H,10,16H2,1H3/t15-/m1/s1. The fourth-order valence-electron chi connectivity index (χ4n) is 1.85. The highest BCUT2D eigenvalue weighted by Crippen LogP contribution is 2.22. The highest BCUT2D eigenvalue weighted by atomic mass is 16.3. The van der Waals surface area contributed by atoms with Crippen molar-refractivity contribution in [2.75, 3.05) is 6.61 Å². The summed E-state index contributed by atoms with van der Waals surface area (Å²) in [7, 11) is 0. The lowest BCUT2D eigenvalue weighted by molar-refractivity contribution is 0.268. The first-order chi connectivity index (χ1) is 8.20. The van der Waals surface area contributed by atoms with E-state index in [1.165, 1.54) is 16.7 Å². The molecule has 0 saturated heterocycles. The molecule has 0 amide bonds. The number of aliphatic hydroxyl groups excluding tert-OH is 1. The second-order valence-electron chi connectivity index (χ2n) is 4.28. The van der Waals surface area contributed by atoms with Gasteiger partial charge in [-0.2, -0.15) is 0 Å². The number of hydrogen-bond acceptors (Lipinski definition) is 2. The van der Waals surface area contributed by atoms with Crippen molar-refractivity contribution >= 4 is 0 Å². The molecule has 0 spiro atoms. The minimum atomic E-state index is -0.290. The lowest BCUT2D eigenvalue weighted by Gasteiger charge is -2.09. The molecule has 2 nitrogen and oxygen atoms in total. The molecule has 0 bridgehead atoms. The van der Waals surface area contributed by atoms with Gasteiger partial charge in [0.15, 0.2) is 0 Å². The Morgan fingerprint density at radius 3 is 2.35 bits per heavy atom. The summed E-state index contributed by atoms with van der Waals surface area (Å²) in [6, 6.07) is 16.1. The Morgan fingerprint density at radius 2 is 1.76 bits per heavy atom. The summed E-state index contributed by atoms with van der Waals surface area (Å²) in [4.78, 5) is 0. The third-order valence-electron chi connectivity index (χ3n) is 2.89. The molecule has 0 aliphatic rings. The maximum Gasteiger partial charge on any atom is 0.0624 e. The molecule has 17 heavy (non-hydrogen) atoms. The average molecular weight is 227 g/mol. The number of aryl methyl sites for hydroxylation is 1. The van der Waals surface area contributed by atoms with Gasteiger partial charge >= 0.3 is 0 Å². The Bertz CT molecular complexity index is 491. The summed E-state index contributed by atoms with van der Waals surface area (Å²) < 4.78 is 0. The van der Waals surface area contributed by atoms with Crippen LogP contribution in [0.15, 0.2) is 48.5 Å². The van der Waals surface area contributed by atoms with Crippen LogP contribution >= 0.6 is 0 Å². The van der Waals surface area contributed by atoms with Gasteiger partial charge in [0.1, 0.15) is 0 Å². The summed E-state index contributed by atoms with van der Waals surface area (Å²) in [5.74, 6) is 0. The van der Waals surface area contributed by atoms with Gasteiger partial charge in [-0.05, 0) is 23.6 Å². The first kappa shape index (κ1) is 11.8. The van der Waals surface area contributed by atoms with Crippen LogP contribution in [0.4, 0.5) is 0 Å². The van der Waals surface area contributed by atoms with Gasteiger partial charge in [0.25, 0.3) is 0 Å². The van der Waals surface area contributed by atoms with Crippen molar-refractivity contribution < 1.29 is 5.11 Å². The van der Waals surface area contributed by atoms with Crippen LogP contribution in [0.5, 0.6) is 0 Å². The Labute approximate surface area is 102 Å². The number of aliphatic hydroxyl groups is 1. The first-order valence-electron chi connectivity index (χ1n) is 5.74. The molecular formula is C15H17NO. The molecule has 0 saturated carbocycles. The summed E-state index contributed by atoms with van der Waals surface area (Å²) in [6.45, 7) is 2.06. The van der Waals surface area contributed by atoms with Gasteiger partial charge in [-0.25, -0.2) is 0 Å². The van der Waals surface area contributed by atoms with Crippen molar-refractivity contribution in [3.8, 4) is 11.1 Å². The number of rotatable bonds is 3. The van der Waals surface area contributed by atoms with Crippen molar-refractivity contribution in [3.63, 3.8) is 0 Å². The monoisotopic (exact) mass is 227 g/mol. The minimum absolute atomic E-state index is 0.0240. The van der Waals surface area contributed by atoms with Crippen LogP contribution in [0.2, 0.25) is 0 Å². The van der Waals surface area contributed by atoms with Crippen molar-refractivity contribution in [3.05, 3.63) is 59.7 Å². The van der Waals surface area contributed by atoms with Gasteiger partial charge in [0.2, 0.25) is 0 Å². The zero-order valence-corrected chi connectivity index (χ0v) is 9.93. The van der Waals surface area contributed by atoms with E-state index in [0.717, 1.165) is 5.56 Å². The molecule has 3 N–H and O–H groups in total. The normalized spacial score (nSPS) is 12.4. The number of benzene rings is 2. The van der Waals surface area contributed by atoms with Gasteiger partial charge < -0.3 is 10.8 Å². The predicted octanol–water partition coefficient (Wildman–Crippen LogP) is 2.65. The maximum absolute atomic E-state index is 8.99. The van der Waals surface area contributed by atoms with Gasteiger partial charge in [-0.3, -0.25) is 0 Å². The Kier molecular flexibility index (Phi) is 3.57. The molecule has 0 aromatic heterocycles. The molecule has 88 valence electrons. The SMILES string of the molecule is Cc1cccc(-c2ccc([C@H](N)CO)cc2)c1. The molecular weight excluding hydrogens is 210 g/mol. The summed E-state index contributed by atoms with van der Waals surface area (Å²) in [5.41, 5.74) is 10.3. The second-order valence-corrected chi connectivity index (χ2v) is 4.28. The largest absolute Gasteiger partial charge is 0.394 e. The van der Waals surface area contributed by atoms with Crippen LogP contribution in [0, 0.1) is 6.92 Å². The highest BCUT2D eigenvalue weighted by molar-refractivity contribution is 5.64. The van der Waals surface area contributed by atoms with E-state index in [1.54, 1.807) is 0 Å². The predicted molar refractivity (Wildman–Crippen MR) is 70.6 cm³/mol. The smallest absolute Gasteiger partial charge is 0.0624 e. The molecule has 0 unspecified atom stereocenters. The zero-order valence-electron chi connectivity index (χ0n) is 9.93. The Balaban J connectivity index is 2.29. The third-order valence-corrected chi connectivity index (χ3v) is 2.89. The van der Waals surface area contributed by atoms with Crippen LogP contribution in [0.25, 0.3) is 11.1 Å². The lowest BCUT2D eigenvalue weighted by atomic mass is 10.0. The van der Waals surface area contributed by atoms with E-state index in [2.05, 4.69) is 31.2 Å². The highest BCUT2D eigenvalue weighted by Gasteiger charge is 2.04. The van der Waals surface area contributed by atoms with Gasteiger partial charge in [-0.15, -0.1) is 0 Å². The molecule has 2 rings (SSSR count). The molecule has 0 aliphatic carbocycles. The minimum Gasteiger partial charge on any atom is -0.394 e. The average Bonchev–Trinajstić information content (AvgIpc) is 2.38.